The van der Waals surface area contributed by atoms with Crippen molar-refractivity contribution in [1.82, 2.24) is 20.3 Å². The summed E-state index contributed by atoms with van der Waals surface area (Å²) in [6, 6.07) is 8.37. The first-order valence-electron chi connectivity index (χ1n) is 7.55. The molecule has 0 saturated carbocycles. The van der Waals surface area contributed by atoms with Crippen molar-refractivity contribution in [2.75, 3.05) is 0 Å². The highest BCUT2D eigenvalue weighted by Crippen LogP contribution is 2.18. The number of aromatic nitrogens is 4. The molecule has 2 heterocycles. The lowest BCUT2D eigenvalue weighted by molar-refractivity contribution is -0.0498. The lowest BCUT2D eigenvalue weighted by Gasteiger charge is -2.05. The summed E-state index contributed by atoms with van der Waals surface area (Å²) in [6.45, 7) is -0.794. The number of benzene rings is 1. The van der Waals surface area contributed by atoms with E-state index in [1.54, 1.807) is 12.1 Å². The number of hydrogen-bond acceptors (Lipinski definition) is 5. The molecule has 0 atom stereocenters. The predicted octanol–water partition coefficient (Wildman–Crippen LogP) is 3.41. The fourth-order valence-electron chi connectivity index (χ4n) is 2.21. The van der Waals surface area contributed by atoms with Crippen molar-refractivity contribution < 1.29 is 18.0 Å². The maximum Gasteiger partial charge on any atom is 0.387 e. The summed E-state index contributed by atoms with van der Waals surface area (Å²) in [5.41, 5.74) is 2.59. The molecule has 6 nitrogen and oxygen atoms in total. The van der Waals surface area contributed by atoms with Gasteiger partial charge in [0.15, 0.2) is 11.5 Å². The van der Waals surface area contributed by atoms with Gasteiger partial charge in [-0.15, -0.1) is 0 Å². The molecule has 2 aromatic heterocycles. The molecular formula is C16H16F2N4O2. The molecule has 0 aliphatic heterocycles. The van der Waals surface area contributed by atoms with Crippen LogP contribution in [0.4, 0.5) is 8.78 Å². The average Bonchev–Trinajstić information content (AvgIpc) is 3.22. The van der Waals surface area contributed by atoms with E-state index in [-0.39, 0.29) is 5.75 Å². The maximum atomic E-state index is 12.1. The SMILES string of the molecule is CCc1cc(-c2nc(CCc3ccc(OC(F)F)cc3)no2)n[nH]1. The normalized spacial score (nSPS) is 11.2. The molecule has 0 unspecified atom stereocenters. The number of aryl methyl sites for hydroxylation is 3. The third-order valence-electron chi connectivity index (χ3n) is 3.48. The summed E-state index contributed by atoms with van der Waals surface area (Å²) >= 11 is 0. The number of nitrogens with one attached hydrogen (secondary N) is 1. The Balaban J connectivity index is 1.59. The summed E-state index contributed by atoms with van der Waals surface area (Å²) in [5, 5.41) is 11.0. The predicted molar refractivity (Wildman–Crippen MR) is 81.7 cm³/mol. The third kappa shape index (κ3) is 3.95. The maximum absolute atomic E-state index is 12.1. The molecule has 0 fully saturated rings. The molecule has 0 aliphatic carbocycles. The highest BCUT2D eigenvalue weighted by Gasteiger charge is 2.12. The van der Waals surface area contributed by atoms with Crippen LogP contribution in [0.2, 0.25) is 0 Å². The molecule has 3 rings (SSSR count). The smallest absolute Gasteiger partial charge is 0.387 e. The van der Waals surface area contributed by atoms with Crippen molar-refractivity contribution >= 4 is 0 Å². The van der Waals surface area contributed by atoms with Gasteiger partial charge in [-0.3, -0.25) is 5.10 Å². The zero-order valence-electron chi connectivity index (χ0n) is 13.0. The van der Waals surface area contributed by atoms with Crippen molar-refractivity contribution in [1.29, 1.82) is 0 Å². The minimum Gasteiger partial charge on any atom is -0.435 e. The Bertz CT molecular complexity index is 783. The average molecular weight is 334 g/mol. The molecule has 0 spiro atoms. The Labute approximate surface area is 136 Å². The van der Waals surface area contributed by atoms with Crippen LogP contribution in [0.1, 0.15) is 24.0 Å². The van der Waals surface area contributed by atoms with Gasteiger partial charge in [-0.25, -0.2) is 0 Å². The van der Waals surface area contributed by atoms with E-state index in [2.05, 4.69) is 25.1 Å². The number of ether oxygens (including phenoxy) is 1. The van der Waals surface area contributed by atoms with E-state index in [1.807, 2.05) is 13.0 Å². The Hall–Kier alpha value is -2.77. The zero-order chi connectivity index (χ0) is 16.9. The molecule has 3 aromatic rings. The molecule has 1 aromatic carbocycles. The van der Waals surface area contributed by atoms with Crippen LogP contribution in [0.3, 0.4) is 0 Å². The summed E-state index contributed by atoms with van der Waals surface area (Å²) < 4.78 is 33.7. The second-order valence-electron chi connectivity index (χ2n) is 5.17. The first-order valence-corrected chi connectivity index (χ1v) is 7.55. The Morgan fingerprint density at radius 3 is 2.67 bits per heavy atom. The number of aromatic amines is 1. The Morgan fingerprint density at radius 1 is 1.21 bits per heavy atom. The number of H-pyrrole nitrogens is 1. The fraction of sp³-hybridized carbons (Fsp3) is 0.312. The van der Waals surface area contributed by atoms with Crippen molar-refractivity contribution in [3.8, 4) is 17.3 Å². The summed E-state index contributed by atoms with van der Waals surface area (Å²) in [5.74, 6) is 1.08. The number of halogens is 2. The van der Waals surface area contributed by atoms with E-state index in [0.717, 1.165) is 17.7 Å². The fourth-order valence-corrected chi connectivity index (χ4v) is 2.21. The molecule has 0 amide bonds. The topological polar surface area (TPSA) is 76.8 Å². The standard InChI is InChI=1S/C16H16F2N4O2/c1-2-11-9-13(21-20-11)15-19-14(22-24-15)8-5-10-3-6-12(7-4-10)23-16(17)18/h3-4,6-7,9,16H,2,5,8H2,1H3,(H,20,21). The second kappa shape index (κ2) is 7.20. The van der Waals surface area contributed by atoms with Gasteiger partial charge in [-0.2, -0.15) is 18.9 Å². The highest BCUT2D eigenvalue weighted by atomic mass is 19.3. The molecule has 24 heavy (non-hydrogen) atoms. The molecule has 1 N–H and O–H groups in total. The van der Waals surface area contributed by atoms with Crippen molar-refractivity contribution in [3.05, 3.63) is 47.4 Å². The monoisotopic (exact) mass is 334 g/mol. The summed E-state index contributed by atoms with van der Waals surface area (Å²) in [6.07, 6.45) is 2.08. The van der Waals surface area contributed by atoms with Crippen LogP contribution in [0.15, 0.2) is 34.9 Å². The second-order valence-corrected chi connectivity index (χ2v) is 5.17. The van der Waals surface area contributed by atoms with Crippen molar-refractivity contribution in [2.24, 2.45) is 0 Å². The van der Waals surface area contributed by atoms with Gasteiger partial charge in [-0.1, -0.05) is 24.2 Å². The van der Waals surface area contributed by atoms with Crippen LogP contribution >= 0.6 is 0 Å². The van der Waals surface area contributed by atoms with Crippen molar-refractivity contribution in [3.63, 3.8) is 0 Å². The van der Waals surface area contributed by atoms with E-state index >= 15 is 0 Å². The third-order valence-corrected chi connectivity index (χ3v) is 3.48. The first-order chi connectivity index (χ1) is 11.6. The van der Waals surface area contributed by atoms with Crippen LogP contribution in [-0.4, -0.2) is 26.9 Å². The molecule has 0 aliphatic rings. The number of alkyl halides is 2. The highest BCUT2D eigenvalue weighted by molar-refractivity contribution is 5.46. The summed E-state index contributed by atoms with van der Waals surface area (Å²) in [4.78, 5) is 4.32. The van der Waals surface area contributed by atoms with E-state index in [1.165, 1.54) is 12.1 Å². The van der Waals surface area contributed by atoms with E-state index < -0.39 is 6.61 Å². The number of rotatable bonds is 7. The lowest BCUT2D eigenvalue weighted by atomic mass is 10.1. The van der Waals surface area contributed by atoms with Crippen molar-refractivity contribution in [2.45, 2.75) is 32.8 Å². The van der Waals surface area contributed by atoms with Crippen LogP contribution < -0.4 is 4.74 Å². The molecule has 126 valence electrons. The number of hydrogen-bond donors (Lipinski definition) is 1. The minimum absolute atomic E-state index is 0.140. The van der Waals surface area contributed by atoms with Gasteiger partial charge in [0.1, 0.15) is 5.75 Å². The quantitative estimate of drug-likeness (QED) is 0.716. The minimum atomic E-state index is -2.82. The van der Waals surface area contributed by atoms with Crippen LogP contribution in [0.5, 0.6) is 5.75 Å². The van der Waals surface area contributed by atoms with Crippen LogP contribution in [-0.2, 0) is 19.3 Å². The van der Waals surface area contributed by atoms with Crippen LogP contribution in [0.25, 0.3) is 11.6 Å². The van der Waals surface area contributed by atoms with Gasteiger partial charge in [0.05, 0.1) is 0 Å². The molecular weight excluding hydrogens is 318 g/mol. The lowest BCUT2D eigenvalue weighted by Crippen LogP contribution is -2.01. The van der Waals surface area contributed by atoms with Gasteiger partial charge in [-0.05, 0) is 36.6 Å². The molecule has 8 heteroatoms. The Kier molecular flexibility index (Phi) is 4.83. The van der Waals surface area contributed by atoms with E-state index in [0.29, 0.717) is 30.3 Å². The molecule has 0 saturated heterocycles. The van der Waals surface area contributed by atoms with E-state index in [4.69, 9.17) is 4.52 Å². The van der Waals surface area contributed by atoms with Gasteiger partial charge in [0.25, 0.3) is 5.89 Å². The van der Waals surface area contributed by atoms with E-state index in [9.17, 15) is 8.78 Å². The zero-order valence-corrected chi connectivity index (χ0v) is 13.0. The first kappa shape index (κ1) is 16.1. The summed E-state index contributed by atoms with van der Waals surface area (Å²) in [7, 11) is 0. The van der Waals surface area contributed by atoms with Gasteiger partial charge in [0, 0.05) is 12.1 Å². The largest absolute Gasteiger partial charge is 0.435 e. The Morgan fingerprint density at radius 2 is 2.00 bits per heavy atom. The van der Waals surface area contributed by atoms with Gasteiger partial charge >= 0.3 is 6.61 Å². The van der Waals surface area contributed by atoms with Gasteiger partial charge < -0.3 is 9.26 Å². The van der Waals surface area contributed by atoms with Gasteiger partial charge in [0.2, 0.25) is 0 Å². The molecule has 0 radical (unpaired) electrons. The van der Waals surface area contributed by atoms with Crippen LogP contribution in [0, 0.1) is 0 Å². The molecule has 0 bridgehead atoms. The number of nitrogens with zero attached hydrogens (tertiary/aromatic N) is 3.